The molecule has 1 amide bonds. The van der Waals surface area contributed by atoms with Crippen LogP contribution in [0.4, 0.5) is 0 Å². The predicted molar refractivity (Wildman–Crippen MR) is 94.9 cm³/mol. The molecule has 2 aromatic rings. The highest BCUT2D eigenvalue weighted by atomic mass is 79.9. The van der Waals surface area contributed by atoms with Gasteiger partial charge in [-0.1, -0.05) is 0 Å². The highest BCUT2D eigenvalue weighted by Gasteiger charge is 2.25. The number of hydrogen-bond acceptors (Lipinski definition) is 7. The predicted octanol–water partition coefficient (Wildman–Crippen LogP) is 2.47. The third-order valence-electron chi connectivity index (χ3n) is 3.15. The molecule has 1 aromatic carbocycles. The zero-order valence-corrected chi connectivity index (χ0v) is 16.0. The summed E-state index contributed by atoms with van der Waals surface area (Å²) in [5.41, 5.74) is -0.430. The molecule has 1 heterocycles. The number of nitrogens with zero attached hydrogens (tertiary/aromatic N) is 1. The molecule has 136 valence electrons. The van der Waals surface area contributed by atoms with Crippen LogP contribution in [0.25, 0.3) is 6.08 Å². The third kappa shape index (κ3) is 4.25. The number of furan rings is 1. The van der Waals surface area contributed by atoms with E-state index in [2.05, 4.69) is 15.9 Å². The summed E-state index contributed by atoms with van der Waals surface area (Å²) in [6.07, 6.45) is 2.49. The first kappa shape index (κ1) is 19.6. The van der Waals surface area contributed by atoms with Gasteiger partial charge in [0.2, 0.25) is 0 Å². The molecule has 1 aromatic heterocycles. The van der Waals surface area contributed by atoms with Crippen LogP contribution in [0.1, 0.15) is 5.76 Å². The maximum Gasteiger partial charge on any atom is 0.275 e. The molecular weight excluding hydrogens is 428 g/mol. The quantitative estimate of drug-likeness (QED) is 0.540. The first-order valence-corrected chi connectivity index (χ1v) is 9.24. The Morgan fingerprint density at radius 2 is 1.96 bits per heavy atom. The standard InChI is InChI=1S/C16H13BrN2O6S/c1-23-13-7-12(17)15(8-14(13)24-2)26(21,22)19-16(20)10(9-18)6-11-4-3-5-25-11/h3-8H,1-2H3,(H,19,20). The summed E-state index contributed by atoms with van der Waals surface area (Å²) in [5, 5.41) is 9.11. The molecule has 26 heavy (non-hydrogen) atoms. The number of carbonyl (C=O) groups excluding carboxylic acids is 1. The monoisotopic (exact) mass is 440 g/mol. The van der Waals surface area contributed by atoms with Crippen LogP contribution in [0.15, 0.2) is 49.9 Å². The number of nitriles is 1. The van der Waals surface area contributed by atoms with E-state index < -0.39 is 21.5 Å². The van der Waals surface area contributed by atoms with Gasteiger partial charge in [-0.2, -0.15) is 5.26 Å². The van der Waals surface area contributed by atoms with E-state index in [4.69, 9.17) is 19.2 Å². The van der Waals surface area contributed by atoms with Crippen LogP contribution in [-0.4, -0.2) is 28.5 Å². The summed E-state index contributed by atoms with van der Waals surface area (Å²) in [6.45, 7) is 0. The number of rotatable bonds is 6. The maximum absolute atomic E-state index is 12.5. The smallest absolute Gasteiger partial charge is 0.275 e. The molecule has 2 rings (SSSR count). The summed E-state index contributed by atoms with van der Waals surface area (Å²) < 4.78 is 42.2. The molecule has 0 aliphatic carbocycles. The van der Waals surface area contributed by atoms with E-state index >= 15 is 0 Å². The van der Waals surface area contributed by atoms with Gasteiger partial charge in [-0.3, -0.25) is 4.79 Å². The van der Waals surface area contributed by atoms with Gasteiger partial charge >= 0.3 is 0 Å². The highest BCUT2D eigenvalue weighted by molar-refractivity contribution is 9.10. The molecule has 0 atom stereocenters. The van der Waals surface area contributed by atoms with Gasteiger partial charge in [0, 0.05) is 16.6 Å². The van der Waals surface area contributed by atoms with Gasteiger partial charge in [0.1, 0.15) is 22.3 Å². The summed E-state index contributed by atoms with van der Waals surface area (Å²) in [4.78, 5) is 11.9. The van der Waals surface area contributed by atoms with Gasteiger partial charge in [0.05, 0.1) is 20.5 Å². The molecule has 0 bridgehead atoms. The number of nitrogens with one attached hydrogen (secondary N) is 1. The van der Waals surface area contributed by atoms with Crippen molar-refractivity contribution in [3.8, 4) is 17.6 Å². The maximum atomic E-state index is 12.5. The van der Waals surface area contributed by atoms with Crippen molar-refractivity contribution in [1.29, 1.82) is 5.26 Å². The van der Waals surface area contributed by atoms with Crippen LogP contribution >= 0.6 is 15.9 Å². The van der Waals surface area contributed by atoms with E-state index in [1.165, 1.54) is 38.7 Å². The van der Waals surface area contributed by atoms with Crippen molar-refractivity contribution in [3.05, 3.63) is 46.3 Å². The fraction of sp³-hybridized carbons (Fsp3) is 0.125. The lowest BCUT2D eigenvalue weighted by molar-refractivity contribution is -0.115. The molecule has 1 N–H and O–H groups in total. The van der Waals surface area contributed by atoms with Crippen molar-refractivity contribution < 1.29 is 27.1 Å². The Bertz CT molecular complexity index is 990. The lowest BCUT2D eigenvalue weighted by Gasteiger charge is -2.12. The first-order valence-electron chi connectivity index (χ1n) is 6.96. The first-order chi connectivity index (χ1) is 12.3. The minimum atomic E-state index is -4.29. The molecule has 0 aliphatic rings. The summed E-state index contributed by atoms with van der Waals surface area (Å²) >= 11 is 3.12. The van der Waals surface area contributed by atoms with Gasteiger partial charge in [0.15, 0.2) is 11.5 Å². The van der Waals surface area contributed by atoms with E-state index in [9.17, 15) is 13.2 Å². The number of halogens is 1. The molecule has 0 saturated heterocycles. The van der Waals surface area contributed by atoms with E-state index in [0.29, 0.717) is 5.75 Å². The lowest BCUT2D eigenvalue weighted by Crippen LogP contribution is -2.31. The fourth-order valence-electron chi connectivity index (χ4n) is 1.94. The SMILES string of the molecule is COc1cc(Br)c(S(=O)(=O)NC(=O)C(C#N)=Cc2ccco2)cc1OC. The zero-order valence-electron chi connectivity index (χ0n) is 13.6. The number of amides is 1. The number of hydrogen-bond donors (Lipinski definition) is 1. The Hall–Kier alpha value is -2.77. The molecule has 0 fully saturated rings. The molecular formula is C16H13BrN2O6S. The largest absolute Gasteiger partial charge is 0.493 e. The van der Waals surface area contributed by atoms with Gasteiger partial charge in [0.25, 0.3) is 15.9 Å². The van der Waals surface area contributed by atoms with Crippen LogP contribution < -0.4 is 14.2 Å². The van der Waals surface area contributed by atoms with Gasteiger partial charge in [-0.05, 0) is 34.1 Å². The summed E-state index contributed by atoms with van der Waals surface area (Å²) in [7, 11) is -1.54. The average Bonchev–Trinajstić information content (AvgIpc) is 3.11. The van der Waals surface area contributed by atoms with Crippen molar-refractivity contribution >= 4 is 37.9 Å². The van der Waals surface area contributed by atoms with Crippen molar-refractivity contribution in [1.82, 2.24) is 4.72 Å². The van der Waals surface area contributed by atoms with Crippen LogP contribution in [0.5, 0.6) is 11.5 Å². The molecule has 8 nitrogen and oxygen atoms in total. The second kappa shape index (κ2) is 8.07. The number of ether oxygens (including phenoxy) is 2. The van der Waals surface area contributed by atoms with Crippen LogP contribution in [0.2, 0.25) is 0 Å². The molecule has 0 saturated carbocycles. The topological polar surface area (TPSA) is 119 Å². The molecule has 0 aliphatic heterocycles. The molecule has 10 heteroatoms. The number of methoxy groups -OCH3 is 2. The van der Waals surface area contributed by atoms with Crippen molar-refractivity contribution in [3.63, 3.8) is 0 Å². The lowest BCUT2D eigenvalue weighted by atomic mass is 10.2. The molecule has 0 unspecified atom stereocenters. The van der Waals surface area contributed by atoms with E-state index in [-0.39, 0.29) is 20.9 Å². The number of carbonyl (C=O) groups is 1. The minimum absolute atomic E-state index is 0.156. The number of sulfonamides is 1. The van der Waals surface area contributed by atoms with Gasteiger partial charge in [-0.15, -0.1) is 0 Å². The Morgan fingerprint density at radius 1 is 1.31 bits per heavy atom. The van der Waals surface area contributed by atoms with Gasteiger partial charge < -0.3 is 13.9 Å². The number of benzene rings is 1. The Labute approximate surface area is 158 Å². The average molecular weight is 441 g/mol. The van der Waals surface area contributed by atoms with Crippen molar-refractivity contribution in [2.75, 3.05) is 14.2 Å². The normalized spacial score (nSPS) is 11.5. The second-order valence-electron chi connectivity index (χ2n) is 4.76. The minimum Gasteiger partial charge on any atom is -0.493 e. The highest BCUT2D eigenvalue weighted by Crippen LogP contribution is 2.35. The van der Waals surface area contributed by atoms with E-state index in [1.54, 1.807) is 12.1 Å². The van der Waals surface area contributed by atoms with Crippen molar-refractivity contribution in [2.24, 2.45) is 0 Å². The summed E-state index contributed by atoms with van der Waals surface area (Å²) in [6, 6.07) is 7.31. The Kier molecular flexibility index (Phi) is 6.07. The van der Waals surface area contributed by atoms with E-state index in [0.717, 1.165) is 6.08 Å². The molecule has 0 spiro atoms. The van der Waals surface area contributed by atoms with Crippen LogP contribution in [0.3, 0.4) is 0 Å². The second-order valence-corrected chi connectivity index (χ2v) is 7.26. The van der Waals surface area contributed by atoms with Gasteiger partial charge in [-0.25, -0.2) is 13.1 Å². The molecule has 0 radical (unpaired) electrons. The Balaban J connectivity index is 2.37. The van der Waals surface area contributed by atoms with E-state index in [1.807, 2.05) is 4.72 Å². The third-order valence-corrected chi connectivity index (χ3v) is 5.44. The Morgan fingerprint density at radius 3 is 2.50 bits per heavy atom. The van der Waals surface area contributed by atoms with Crippen molar-refractivity contribution in [2.45, 2.75) is 4.90 Å². The fourth-order valence-corrected chi connectivity index (χ4v) is 3.94. The van der Waals surface area contributed by atoms with Crippen LogP contribution in [0, 0.1) is 11.3 Å². The zero-order chi connectivity index (χ0) is 19.3. The van der Waals surface area contributed by atoms with Crippen LogP contribution in [-0.2, 0) is 14.8 Å². The summed E-state index contributed by atoms with van der Waals surface area (Å²) in [5.74, 6) is -0.387.